The van der Waals surface area contributed by atoms with Gasteiger partial charge in [0.25, 0.3) is 0 Å². The van der Waals surface area contributed by atoms with Crippen LogP contribution in [0.15, 0.2) is 53.4 Å². The Hall–Kier alpha value is -2.33. The second-order valence-electron chi connectivity index (χ2n) is 8.18. The van der Waals surface area contributed by atoms with Crippen molar-refractivity contribution in [3.8, 4) is 0 Å². The lowest BCUT2D eigenvalue weighted by Crippen LogP contribution is -2.59. The predicted octanol–water partition coefficient (Wildman–Crippen LogP) is 4.07. The summed E-state index contributed by atoms with van der Waals surface area (Å²) in [6.07, 6.45) is 14.7. The van der Waals surface area contributed by atoms with Crippen LogP contribution in [0.25, 0.3) is 6.08 Å². The fourth-order valence-electron chi connectivity index (χ4n) is 5.52. The maximum Gasteiger partial charge on any atom is 0.243 e. The fraction of sp³-hybridized carbons (Fsp3) is 0.458. The molecule has 3 aliphatic rings. The van der Waals surface area contributed by atoms with Crippen LogP contribution in [0.2, 0.25) is 0 Å². The Labute approximate surface area is 167 Å². The van der Waals surface area contributed by atoms with Crippen molar-refractivity contribution in [2.24, 2.45) is 5.92 Å². The molecule has 1 aromatic carbocycles. The minimum atomic E-state index is -0.119. The Kier molecular flexibility index (Phi) is 5.67. The van der Waals surface area contributed by atoms with E-state index in [2.05, 4.69) is 34.9 Å². The highest BCUT2D eigenvalue weighted by atomic mass is 16.3. The monoisotopic (exact) mass is 378 g/mol. The average Bonchev–Trinajstić information content (AvgIpc) is 3.26. The molecule has 1 saturated heterocycles. The van der Waals surface area contributed by atoms with Crippen molar-refractivity contribution >= 4 is 12.0 Å². The first-order valence-corrected chi connectivity index (χ1v) is 10.5. The molecule has 2 N–H and O–H groups in total. The van der Waals surface area contributed by atoms with Crippen molar-refractivity contribution in [1.29, 1.82) is 0 Å². The summed E-state index contributed by atoms with van der Waals surface area (Å²) >= 11 is 0. The molecule has 28 heavy (non-hydrogen) atoms. The van der Waals surface area contributed by atoms with Crippen molar-refractivity contribution in [1.82, 2.24) is 10.6 Å². The fourth-order valence-corrected chi connectivity index (χ4v) is 5.52. The van der Waals surface area contributed by atoms with Crippen LogP contribution in [0.4, 0.5) is 0 Å². The maximum absolute atomic E-state index is 10.7. The number of rotatable bonds is 2. The zero-order chi connectivity index (χ0) is 19.4. The van der Waals surface area contributed by atoms with E-state index in [1.54, 1.807) is 42.8 Å². The molecule has 1 aliphatic heterocycles. The van der Waals surface area contributed by atoms with Crippen LogP contribution in [0.1, 0.15) is 48.8 Å². The molecule has 2 heterocycles. The normalized spacial score (nSPS) is 27.9. The van der Waals surface area contributed by atoms with Crippen LogP contribution in [-0.2, 0) is 16.6 Å². The highest BCUT2D eigenvalue weighted by molar-refractivity contribution is 5.91. The van der Waals surface area contributed by atoms with Gasteiger partial charge in [-0.3, -0.25) is 4.79 Å². The van der Waals surface area contributed by atoms with Gasteiger partial charge >= 0.3 is 0 Å². The number of fused-ring (bicyclic) bond motifs is 1. The first-order chi connectivity index (χ1) is 13.7. The van der Waals surface area contributed by atoms with Gasteiger partial charge in [-0.15, -0.1) is 0 Å². The van der Waals surface area contributed by atoms with Crippen molar-refractivity contribution in [3.05, 3.63) is 65.6 Å². The highest BCUT2D eigenvalue weighted by Crippen LogP contribution is 2.53. The SMILES string of the molecule is CNC(=O)C=Cc1ccoc1.c1ccc2c(c1)C[C@H]1NCC[C@@]23CCCC[C@@H]13. The Morgan fingerprint density at radius 1 is 1.25 bits per heavy atom. The van der Waals surface area contributed by atoms with Gasteiger partial charge in [-0.1, -0.05) is 37.1 Å². The molecule has 5 rings (SSSR count). The number of nitrogens with one attached hydrogen (secondary N) is 2. The summed E-state index contributed by atoms with van der Waals surface area (Å²) in [5.41, 5.74) is 4.77. The minimum Gasteiger partial charge on any atom is -0.472 e. The molecule has 0 radical (unpaired) electrons. The molecular formula is C24H30N2O2. The van der Waals surface area contributed by atoms with E-state index >= 15 is 0 Å². The summed E-state index contributed by atoms with van der Waals surface area (Å²) in [5, 5.41) is 6.26. The van der Waals surface area contributed by atoms with Crippen molar-refractivity contribution in [2.45, 2.75) is 50.0 Å². The zero-order valence-electron chi connectivity index (χ0n) is 16.6. The number of hydrogen-bond donors (Lipinski definition) is 2. The predicted molar refractivity (Wildman–Crippen MR) is 112 cm³/mol. The first kappa shape index (κ1) is 19.0. The summed E-state index contributed by atoms with van der Waals surface area (Å²) in [4.78, 5) is 10.7. The van der Waals surface area contributed by atoms with E-state index in [-0.39, 0.29) is 5.91 Å². The molecule has 1 aromatic heterocycles. The molecule has 3 atom stereocenters. The second kappa shape index (κ2) is 8.36. The molecule has 0 spiro atoms. The summed E-state index contributed by atoms with van der Waals surface area (Å²) < 4.78 is 4.80. The molecule has 4 heteroatoms. The quantitative estimate of drug-likeness (QED) is 0.775. The molecular weight excluding hydrogens is 348 g/mol. The molecule has 2 fully saturated rings. The van der Waals surface area contributed by atoms with Crippen molar-refractivity contribution in [3.63, 3.8) is 0 Å². The molecule has 1 amide bonds. The zero-order valence-corrected chi connectivity index (χ0v) is 16.6. The maximum atomic E-state index is 10.7. The summed E-state index contributed by atoms with van der Waals surface area (Å²) in [7, 11) is 1.59. The lowest BCUT2D eigenvalue weighted by atomic mass is 9.53. The number of carbonyl (C=O) groups excluding carboxylic acids is 1. The smallest absolute Gasteiger partial charge is 0.243 e. The standard InChI is InChI=1S/C16H21N.C8H9NO2/c1-2-6-13-12(5-1)11-15-14-7-3-4-8-16(13,14)9-10-17-15;1-9-8(10)3-2-7-4-5-11-6-7/h1-2,5-6,14-15,17H,3-4,7-11H2;2-6H,1H3,(H,9,10)/t14-,15+,16-;/m0./s1. The Balaban J connectivity index is 0.000000153. The van der Waals surface area contributed by atoms with Gasteiger partial charge in [0.1, 0.15) is 0 Å². The molecule has 2 aliphatic carbocycles. The Morgan fingerprint density at radius 3 is 2.96 bits per heavy atom. The Morgan fingerprint density at radius 2 is 2.14 bits per heavy atom. The molecule has 4 nitrogen and oxygen atoms in total. The highest BCUT2D eigenvalue weighted by Gasteiger charge is 2.51. The summed E-state index contributed by atoms with van der Waals surface area (Å²) in [6, 6.07) is 11.8. The second-order valence-corrected chi connectivity index (χ2v) is 8.18. The minimum absolute atomic E-state index is 0.119. The third-order valence-corrected chi connectivity index (χ3v) is 6.77. The van der Waals surface area contributed by atoms with E-state index in [0.717, 1.165) is 17.5 Å². The van der Waals surface area contributed by atoms with Crippen LogP contribution in [0, 0.1) is 5.92 Å². The van der Waals surface area contributed by atoms with Crippen LogP contribution < -0.4 is 10.6 Å². The van der Waals surface area contributed by atoms with Gasteiger partial charge in [0.05, 0.1) is 12.5 Å². The topological polar surface area (TPSA) is 54.3 Å². The van der Waals surface area contributed by atoms with Crippen LogP contribution >= 0.6 is 0 Å². The lowest BCUT2D eigenvalue weighted by molar-refractivity contribution is -0.115. The number of likely N-dealkylation sites (N-methyl/N-ethyl adjacent to an activating group) is 1. The number of amides is 1. The third kappa shape index (κ3) is 3.66. The van der Waals surface area contributed by atoms with E-state index in [1.807, 2.05) is 0 Å². The van der Waals surface area contributed by atoms with Gasteiger partial charge in [-0.25, -0.2) is 0 Å². The van der Waals surface area contributed by atoms with E-state index in [4.69, 9.17) is 4.42 Å². The summed E-state index contributed by atoms with van der Waals surface area (Å²) in [6.45, 7) is 1.23. The van der Waals surface area contributed by atoms with Crippen molar-refractivity contribution < 1.29 is 9.21 Å². The van der Waals surface area contributed by atoms with Gasteiger partial charge in [0.15, 0.2) is 0 Å². The average molecular weight is 379 g/mol. The number of hydrogen-bond acceptors (Lipinski definition) is 3. The number of piperidine rings is 1. The van der Waals surface area contributed by atoms with E-state index < -0.39 is 0 Å². The molecule has 2 bridgehead atoms. The van der Waals surface area contributed by atoms with E-state index in [9.17, 15) is 4.79 Å². The van der Waals surface area contributed by atoms with E-state index in [0.29, 0.717) is 5.41 Å². The van der Waals surface area contributed by atoms with Crippen molar-refractivity contribution in [2.75, 3.05) is 13.6 Å². The van der Waals surface area contributed by atoms with Gasteiger partial charge in [0, 0.05) is 30.1 Å². The molecule has 1 saturated carbocycles. The largest absolute Gasteiger partial charge is 0.472 e. The molecule has 148 valence electrons. The Bertz CT molecular complexity index is 823. The van der Waals surface area contributed by atoms with Crippen LogP contribution in [0.3, 0.4) is 0 Å². The van der Waals surface area contributed by atoms with Gasteiger partial charge < -0.3 is 15.1 Å². The van der Waals surface area contributed by atoms with E-state index in [1.165, 1.54) is 51.1 Å². The van der Waals surface area contributed by atoms with Gasteiger partial charge in [0.2, 0.25) is 5.91 Å². The van der Waals surface area contributed by atoms with Gasteiger partial charge in [-0.05, 0) is 61.4 Å². The van der Waals surface area contributed by atoms with Gasteiger partial charge in [-0.2, -0.15) is 0 Å². The lowest BCUT2D eigenvalue weighted by Gasteiger charge is -2.56. The number of carbonyl (C=O) groups is 1. The first-order valence-electron chi connectivity index (χ1n) is 10.5. The number of benzene rings is 1. The molecule has 0 unspecified atom stereocenters. The third-order valence-electron chi connectivity index (χ3n) is 6.77. The molecule has 2 aromatic rings. The summed E-state index contributed by atoms with van der Waals surface area (Å²) in [5.74, 6) is 0.797. The van der Waals surface area contributed by atoms with Crippen LogP contribution in [-0.4, -0.2) is 25.5 Å². The van der Waals surface area contributed by atoms with Crippen LogP contribution in [0.5, 0.6) is 0 Å². The number of furan rings is 1.